The van der Waals surface area contributed by atoms with Crippen molar-refractivity contribution in [3.05, 3.63) is 6.07 Å². The highest BCUT2D eigenvalue weighted by atomic mass is 15.1. The van der Waals surface area contributed by atoms with Crippen molar-refractivity contribution in [2.24, 2.45) is 5.41 Å². The van der Waals surface area contributed by atoms with Gasteiger partial charge in [-0.05, 0) is 25.2 Å². The van der Waals surface area contributed by atoms with E-state index in [-0.39, 0.29) is 0 Å². The molecular weight excluding hydrogens is 214 g/mol. The number of nitrogen functional groups attached to an aromatic ring is 1. The van der Waals surface area contributed by atoms with Crippen molar-refractivity contribution in [3.63, 3.8) is 0 Å². The van der Waals surface area contributed by atoms with Crippen molar-refractivity contribution < 1.29 is 0 Å². The lowest BCUT2D eigenvalue weighted by Gasteiger charge is -2.38. The second kappa shape index (κ2) is 4.77. The number of nitrogens with zero attached hydrogens (tertiary/aromatic N) is 2. The van der Waals surface area contributed by atoms with Crippen molar-refractivity contribution in [1.29, 1.82) is 0 Å². The molecule has 4 N–H and O–H groups in total. The molecular formula is C12H21N5. The van der Waals surface area contributed by atoms with Crippen LogP contribution < -0.4 is 16.4 Å². The molecule has 0 radical (unpaired) electrons. The Morgan fingerprint density at radius 2 is 1.94 bits per heavy atom. The fraction of sp³-hybridized carbons (Fsp3) is 0.667. The maximum atomic E-state index is 5.67. The van der Waals surface area contributed by atoms with Crippen molar-refractivity contribution in [2.45, 2.75) is 33.1 Å². The topological polar surface area (TPSA) is 75.9 Å². The molecule has 1 aromatic rings. The van der Waals surface area contributed by atoms with E-state index in [2.05, 4.69) is 27.5 Å². The van der Waals surface area contributed by atoms with Crippen LogP contribution in [0.15, 0.2) is 6.07 Å². The molecule has 0 atom stereocenters. The molecule has 1 heterocycles. The first-order valence-electron chi connectivity index (χ1n) is 6.24. The van der Waals surface area contributed by atoms with E-state index in [0.717, 1.165) is 24.7 Å². The van der Waals surface area contributed by atoms with Crippen LogP contribution in [0.5, 0.6) is 0 Å². The molecule has 1 fully saturated rings. The first kappa shape index (κ1) is 12.0. The molecule has 5 nitrogen and oxygen atoms in total. The lowest BCUT2D eigenvalue weighted by atomic mass is 9.70. The largest absolute Gasteiger partial charge is 0.370 e. The van der Waals surface area contributed by atoms with Crippen LogP contribution in [0.4, 0.5) is 17.6 Å². The van der Waals surface area contributed by atoms with Gasteiger partial charge in [0.25, 0.3) is 0 Å². The molecule has 1 aliphatic rings. The SMILES string of the molecule is CCNc1cc(NCC2(C)CCC2)nc(N)n1. The third kappa shape index (κ3) is 2.99. The molecule has 0 aliphatic heterocycles. The van der Waals surface area contributed by atoms with Gasteiger partial charge in [-0.25, -0.2) is 0 Å². The number of rotatable bonds is 5. The quantitative estimate of drug-likeness (QED) is 0.728. The first-order chi connectivity index (χ1) is 8.11. The van der Waals surface area contributed by atoms with Gasteiger partial charge in [0.2, 0.25) is 5.95 Å². The molecule has 1 aromatic heterocycles. The van der Waals surface area contributed by atoms with E-state index >= 15 is 0 Å². The summed E-state index contributed by atoms with van der Waals surface area (Å²) in [6.45, 7) is 6.11. The van der Waals surface area contributed by atoms with Gasteiger partial charge < -0.3 is 16.4 Å². The summed E-state index contributed by atoms with van der Waals surface area (Å²) in [5.74, 6) is 1.90. The van der Waals surface area contributed by atoms with E-state index in [9.17, 15) is 0 Å². The van der Waals surface area contributed by atoms with Gasteiger partial charge in [0.15, 0.2) is 0 Å². The number of hydrogen-bond acceptors (Lipinski definition) is 5. The van der Waals surface area contributed by atoms with E-state index in [0.29, 0.717) is 11.4 Å². The third-order valence-electron chi connectivity index (χ3n) is 3.36. The molecule has 0 bridgehead atoms. The van der Waals surface area contributed by atoms with Gasteiger partial charge in [-0.3, -0.25) is 0 Å². The minimum atomic E-state index is 0.310. The van der Waals surface area contributed by atoms with Gasteiger partial charge in [-0.15, -0.1) is 0 Å². The summed E-state index contributed by atoms with van der Waals surface area (Å²) in [5.41, 5.74) is 6.10. The number of nitrogens with one attached hydrogen (secondary N) is 2. The lowest BCUT2D eigenvalue weighted by molar-refractivity contribution is 0.180. The van der Waals surface area contributed by atoms with Gasteiger partial charge in [-0.1, -0.05) is 13.3 Å². The zero-order chi connectivity index (χ0) is 12.3. The average molecular weight is 235 g/mol. The minimum Gasteiger partial charge on any atom is -0.370 e. The van der Waals surface area contributed by atoms with Crippen molar-refractivity contribution >= 4 is 17.6 Å². The van der Waals surface area contributed by atoms with Crippen LogP contribution in [0.3, 0.4) is 0 Å². The van der Waals surface area contributed by atoms with Crippen LogP contribution in [0.2, 0.25) is 0 Å². The van der Waals surface area contributed by atoms with Crippen LogP contribution in [-0.2, 0) is 0 Å². The average Bonchev–Trinajstić information content (AvgIpc) is 2.23. The predicted molar refractivity (Wildman–Crippen MR) is 71.1 cm³/mol. The molecule has 1 saturated carbocycles. The highest BCUT2D eigenvalue weighted by Crippen LogP contribution is 2.40. The Hall–Kier alpha value is -1.52. The number of aromatic nitrogens is 2. The summed E-state index contributed by atoms with van der Waals surface area (Å²) in [6, 6.07) is 1.90. The molecule has 17 heavy (non-hydrogen) atoms. The Morgan fingerprint density at radius 1 is 1.29 bits per heavy atom. The molecule has 0 aromatic carbocycles. The van der Waals surface area contributed by atoms with Gasteiger partial charge in [0.1, 0.15) is 11.6 Å². The number of anilines is 3. The predicted octanol–water partition coefficient (Wildman–Crippen LogP) is 2.09. The Balaban J connectivity index is 1.99. The van der Waals surface area contributed by atoms with Crippen LogP contribution >= 0.6 is 0 Å². The number of hydrogen-bond donors (Lipinski definition) is 3. The van der Waals surface area contributed by atoms with Crippen LogP contribution in [-0.4, -0.2) is 23.1 Å². The molecule has 0 unspecified atom stereocenters. The van der Waals surface area contributed by atoms with Gasteiger partial charge in [0.05, 0.1) is 0 Å². The summed E-state index contributed by atoms with van der Waals surface area (Å²) in [4.78, 5) is 8.31. The Kier molecular flexibility index (Phi) is 3.36. The maximum absolute atomic E-state index is 5.67. The van der Waals surface area contributed by atoms with Crippen molar-refractivity contribution in [3.8, 4) is 0 Å². The fourth-order valence-corrected chi connectivity index (χ4v) is 2.09. The van der Waals surface area contributed by atoms with E-state index < -0.39 is 0 Å². The van der Waals surface area contributed by atoms with Crippen LogP contribution in [0.1, 0.15) is 33.1 Å². The molecule has 1 aliphatic carbocycles. The molecule has 0 amide bonds. The number of nitrogens with two attached hydrogens (primary N) is 1. The van der Waals surface area contributed by atoms with Crippen molar-refractivity contribution in [2.75, 3.05) is 29.5 Å². The third-order valence-corrected chi connectivity index (χ3v) is 3.36. The highest BCUT2D eigenvalue weighted by Gasteiger charge is 2.31. The van der Waals surface area contributed by atoms with Crippen molar-refractivity contribution in [1.82, 2.24) is 9.97 Å². The fourth-order valence-electron chi connectivity index (χ4n) is 2.09. The van der Waals surface area contributed by atoms with E-state index in [1.807, 2.05) is 13.0 Å². The molecule has 0 saturated heterocycles. The molecule has 0 spiro atoms. The smallest absolute Gasteiger partial charge is 0.223 e. The second-order valence-corrected chi connectivity index (χ2v) is 5.04. The van der Waals surface area contributed by atoms with Gasteiger partial charge >= 0.3 is 0 Å². The summed E-state index contributed by atoms with van der Waals surface area (Å²) in [5, 5.41) is 6.50. The zero-order valence-corrected chi connectivity index (χ0v) is 10.6. The summed E-state index contributed by atoms with van der Waals surface area (Å²) >= 11 is 0. The first-order valence-corrected chi connectivity index (χ1v) is 6.24. The lowest BCUT2D eigenvalue weighted by Crippen LogP contribution is -2.33. The van der Waals surface area contributed by atoms with Gasteiger partial charge in [-0.2, -0.15) is 9.97 Å². The summed E-state index contributed by atoms with van der Waals surface area (Å²) in [7, 11) is 0. The summed E-state index contributed by atoms with van der Waals surface area (Å²) < 4.78 is 0. The summed E-state index contributed by atoms with van der Waals surface area (Å²) in [6.07, 6.45) is 3.92. The maximum Gasteiger partial charge on any atom is 0.223 e. The second-order valence-electron chi connectivity index (χ2n) is 5.04. The van der Waals surface area contributed by atoms with Crippen LogP contribution in [0.25, 0.3) is 0 Å². The van der Waals surface area contributed by atoms with E-state index in [4.69, 9.17) is 5.73 Å². The van der Waals surface area contributed by atoms with Crippen LogP contribution in [0, 0.1) is 5.41 Å². The Morgan fingerprint density at radius 3 is 2.47 bits per heavy atom. The molecule has 2 rings (SSSR count). The minimum absolute atomic E-state index is 0.310. The normalized spacial score (nSPS) is 17.3. The Bertz CT molecular complexity index is 386. The van der Waals surface area contributed by atoms with Gasteiger partial charge in [0, 0.05) is 19.2 Å². The zero-order valence-electron chi connectivity index (χ0n) is 10.6. The molecule has 5 heteroatoms. The van der Waals surface area contributed by atoms with E-state index in [1.165, 1.54) is 19.3 Å². The Labute approximate surface area is 102 Å². The monoisotopic (exact) mass is 235 g/mol. The highest BCUT2D eigenvalue weighted by molar-refractivity contribution is 5.51. The standard InChI is InChI=1S/C12H21N5/c1-3-14-9-7-10(17-11(13)16-9)15-8-12(2)5-4-6-12/h7H,3-6,8H2,1-2H3,(H4,13,14,15,16,17). The molecule has 94 valence electrons. The van der Waals surface area contributed by atoms with E-state index in [1.54, 1.807) is 0 Å².